The topological polar surface area (TPSA) is 64.7 Å². The first kappa shape index (κ1) is 23.3. The third-order valence-corrected chi connectivity index (χ3v) is 5.68. The summed E-state index contributed by atoms with van der Waals surface area (Å²) in [7, 11) is 3.86. The van der Waals surface area contributed by atoms with Crippen molar-refractivity contribution in [3.05, 3.63) is 81.8 Å². The zero-order chi connectivity index (χ0) is 23.1. The number of halogens is 1. The van der Waals surface area contributed by atoms with Crippen molar-refractivity contribution >= 4 is 34.6 Å². The Balaban J connectivity index is 1.93. The molecule has 0 atom stereocenters. The summed E-state index contributed by atoms with van der Waals surface area (Å²) in [6, 6.07) is 15.1. The third-order valence-electron chi connectivity index (χ3n) is 4.82. The molecular weight excluding hydrogens is 427 g/mol. The summed E-state index contributed by atoms with van der Waals surface area (Å²) < 4.78 is 13.4. The molecule has 0 aliphatic carbocycles. The molecule has 8 heteroatoms. The Morgan fingerprint density at radius 1 is 1.03 bits per heavy atom. The van der Waals surface area contributed by atoms with E-state index in [1.165, 1.54) is 23.5 Å². The molecule has 6 nitrogen and oxygen atoms in total. The van der Waals surface area contributed by atoms with Crippen LogP contribution in [-0.4, -0.2) is 37.5 Å². The van der Waals surface area contributed by atoms with E-state index >= 15 is 0 Å². The Morgan fingerprint density at radius 2 is 1.78 bits per heavy atom. The molecule has 32 heavy (non-hydrogen) atoms. The third kappa shape index (κ3) is 6.07. The van der Waals surface area contributed by atoms with E-state index in [-0.39, 0.29) is 17.8 Å². The number of nitrogens with zero attached hydrogens (tertiary/aromatic N) is 2. The maximum atomic E-state index is 13.4. The van der Waals surface area contributed by atoms with Gasteiger partial charge in [-0.15, -0.1) is 11.3 Å². The van der Waals surface area contributed by atoms with Crippen molar-refractivity contribution in [3.63, 3.8) is 0 Å². The lowest BCUT2D eigenvalue weighted by Gasteiger charge is -2.26. The number of carbonyl (C=O) groups excluding carboxylic acids is 2. The molecule has 0 fully saturated rings. The van der Waals surface area contributed by atoms with Crippen LogP contribution in [0.1, 0.15) is 27.7 Å². The molecule has 168 valence electrons. The molecular formula is C24H27FN4O2S. The SMILES string of the molecule is CCNC(=O)Nc1ccc(N(C)C)c(CN(Cc2ccc(F)cc2)C(=O)c2cccs2)c1. The van der Waals surface area contributed by atoms with E-state index in [0.717, 1.165) is 16.8 Å². The first-order chi connectivity index (χ1) is 15.4. The van der Waals surface area contributed by atoms with Crippen molar-refractivity contribution in [2.75, 3.05) is 30.9 Å². The Kier molecular flexibility index (Phi) is 7.83. The summed E-state index contributed by atoms with van der Waals surface area (Å²) in [6.45, 7) is 3.03. The highest BCUT2D eigenvalue weighted by Gasteiger charge is 2.20. The Hall–Kier alpha value is -3.39. The number of hydrogen-bond acceptors (Lipinski definition) is 4. The minimum Gasteiger partial charge on any atom is -0.377 e. The summed E-state index contributed by atoms with van der Waals surface area (Å²) in [6.07, 6.45) is 0. The molecule has 0 bridgehead atoms. The molecule has 3 amide bonds. The molecule has 2 aromatic carbocycles. The second-order valence-electron chi connectivity index (χ2n) is 7.49. The number of rotatable bonds is 8. The first-order valence-corrected chi connectivity index (χ1v) is 11.2. The average molecular weight is 455 g/mol. The van der Waals surface area contributed by atoms with Crippen molar-refractivity contribution < 1.29 is 14.0 Å². The van der Waals surface area contributed by atoms with E-state index in [0.29, 0.717) is 30.2 Å². The smallest absolute Gasteiger partial charge is 0.319 e. The number of nitrogens with one attached hydrogen (secondary N) is 2. The van der Waals surface area contributed by atoms with E-state index in [4.69, 9.17) is 0 Å². The van der Waals surface area contributed by atoms with Crippen molar-refractivity contribution in [2.45, 2.75) is 20.0 Å². The predicted octanol–water partition coefficient (Wildman–Crippen LogP) is 4.94. The zero-order valence-corrected chi connectivity index (χ0v) is 19.2. The number of urea groups is 1. The van der Waals surface area contributed by atoms with Crippen LogP contribution in [0, 0.1) is 5.82 Å². The van der Waals surface area contributed by atoms with Gasteiger partial charge in [-0.25, -0.2) is 9.18 Å². The van der Waals surface area contributed by atoms with Gasteiger partial charge >= 0.3 is 6.03 Å². The van der Waals surface area contributed by atoms with Gasteiger partial charge in [-0.2, -0.15) is 0 Å². The standard InChI is InChI=1S/C24H27FN4O2S/c1-4-26-24(31)27-20-11-12-21(28(2)3)18(14-20)16-29(23(30)22-6-5-13-32-22)15-17-7-9-19(25)10-8-17/h5-14H,4,15-16H2,1-3H3,(H2,26,27,31). The van der Waals surface area contributed by atoms with E-state index in [1.54, 1.807) is 23.1 Å². The highest BCUT2D eigenvalue weighted by atomic mass is 32.1. The van der Waals surface area contributed by atoms with Crippen LogP contribution in [0.5, 0.6) is 0 Å². The van der Waals surface area contributed by atoms with E-state index in [2.05, 4.69) is 10.6 Å². The molecule has 2 N–H and O–H groups in total. The molecule has 0 unspecified atom stereocenters. The molecule has 3 aromatic rings. The number of anilines is 2. The lowest BCUT2D eigenvalue weighted by Crippen LogP contribution is -2.31. The zero-order valence-electron chi connectivity index (χ0n) is 18.4. The van der Waals surface area contributed by atoms with E-state index < -0.39 is 0 Å². The summed E-state index contributed by atoms with van der Waals surface area (Å²) in [5.74, 6) is -0.417. The molecule has 0 saturated carbocycles. The minimum atomic E-state index is -0.316. The molecule has 0 aliphatic heterocycles. The number of thiophene rings is 1. The normalized spacial score (nSPS) is 10.5. The highest BCUT2D eigenvalue weighted by Crippen LogP contribution is 2.26. The number of hydrogen-bond donors (Lipinski definition) is 2. The van der Waals surface area contributed by atoms with Gasteiger partial charge in [0.15, 0.2) is 0 Å². The van der Waals surface area contributed by atoms with Gasteiger partial charge in [-0.1, -0.05) is 18.2 Å². The van der Waals surface area contributed by atoms with Crippen molar-refractivity contribution in [3.8, 4) is 0 Å². The van der Waals surface area contributed by atoms with Gasteiger partial charge in [0.2, 0.25) is 0 Å². The monoisotopic (exact) mass is 454 g/mol. The van der Waals surface area contributed by atoms with Crippen LogP contribution in [-0.2, 0) is 13.1 Å². The Morgan fingerprint density at radius 3 is 2.41 bits per heavy atom. The van der Waals surface area contributed by atoms with Gasteiger partial charge in [-0.3, -0.25) is 4.79 Å². The van der Waals surface area contributed by atoms with Gasteiger partial charge in [-0.05, 0) is 59.8 Å². The van der Waals surface area contributed by atoms with Crippen molar-refractivity contribution in [1.82, 2.24) is 10.2 Å². The maximum absolute atomic E-state index is 13.4. The second-order valence-corrected chi connectivity index (χ2v) is 8.44. The lowest BCUT2D eigenvalue weighted by molar-refractivity contribution is 0.0735. The molecule has 1 heterocycles. The van der Waals surface area contributed by atoms with Crippen LogP contribution < -0.4 is 15.5 Å². The fourth-order valence-corrected chi connectivity index (χ4v) is 4.02. The van der Waals surface area contributed by atoms with Gasteiger partial charge in [0.05, 0.1) is 4.88 Å². The van der Waals surface area contributed by atoms with Crippen molar-refractivity contribution in [1.29, 1.82) is 0 Å². The number of carbonyl (C=O) groups is 2. The molecule has 0 saturated heterocycles. The first-order valence-electron chi connectivity index (χ1n) is 10.3. The van der Waals surface area contributed by atoms with Crippen LogP contribution in [0.25, 0.3) is 0 Å². The van der Waals surface area contributed by atoms with E-state index in [1.807, 2.05) is 55.6 Å². The van der Waals surface area contributed by atoms with Gasteiger partial charge in [0.25, 0.3) is 5.91 Å². The number of amides is 3. The lowest BCUT2D eigenvalue weighted by atomic mass is 10.1. The van der Waals surface area contributed by atoms with Crippen LogP contribution in [0.2, 0.25) is 0 Å². The van der Waals surface area contributed by atoms with Gasteiger partial charge in [0, 0.05) is 45.1 Å². The van der Waals surface area contributed by atoms with Crippen LogP contribution in [0.15, 0.2) is 60.0 Å². The van der Waals surface area contributed by atoms with E-state index in [9.17, 15) is 14.0 Å². The molecule has 0 radical (unpaired) electrons. The largest absolute Gasteiger partial charge is 0.377 e. The maximum Gasteiger partial charge on any atom is 0.319 e. The molecule has 0 spiro atoms. The molecule has 1 aromatic heterocycles. The summed E-state index contributed by atoms with van der Waals surface area (Å²) in [5.41, 5.74) is 3.30. The fraction of sp³-hybridized carbons (Fsp3) is 0.250. The van der Waals surface area contributed by atoms with Crippen molar-refractivity contribution in [2.24, 2.45) is 0 Å². The number of benzene rings is 2. The quantitative estimate of drug-likeness (QED) is 0.507. The highest BCUT2D eigenvalue weighted by molar-refractivity contribution is 7.12. The minimum absolute atomic E-state index is 0.101. The summed E-state index contributed by atoms with van der Waals surface area (Å²) in [5, 5.41) is 7.40. The van der Waals surface area contributed by atoms with Gasteiger partial charge < -0.3 is 20.4 Å². The predicted molar refractivity (Wildman–Crippen MR) is 128 cm³/mol. The Labute approximate surface area is 191 Å². The second kappa shape index (κ2) is 10.8. The van der Waals surface area contributed by atoms with Crippen LogP contribution >= 0.6 is 11.3 Å². The van der Waals surface area contributed by atoms with Crippen LogP contribution in [0.3, 0.4) is 0 Å². The Bertz CT molecular complexity index is 1050. The molecule has 0 aliphatic rings. The summed E-state index contributed by atoms with van der Waals surface area (Å²) in [4.78, 5) is 29.6. The average Bonchev–Trinajstić information content (AvgIpc) is 3.29. The summed E-state index contributed by atoms with van der Waals surface area (Å²) >= 11 is 1.38. The van der Waals surface area contributed by atoms with Gasteiger partial charge in [0.1, 0.15) is 5.82 Å². The molecule has 3 rings (SSSR count). The van der Waals surface area contributed by atoms with Crippen LogP contribution in [0.4, 0.5) is 20.6 Å². The fourth-order valence-electron chi connectivity index (χ4n) is 3.33.